The van der Waals surface area contributed by atoms with Crippen molar-refractivity contribution in [2.45, 2.75) is 0 Å². The van der Waals surface area contributed by atoms with Crippen molar-refractivity contribution in [1.82, 2.24) is 24.8 Å². The minimum atomic E-state index is 0.373. The monoisotopic (exact) mass is 329 g/mol. The number of para-hydroxylation sites is 1. The van der Waals surface area contributed by atoms with Crippen molar-refractivity contribution in [3.8, 4) is 11.5 Å². The zero-order valence-corrected chi connectivity index (χ0v) is 12.9. The van der Waals surface area contributed by atoms with Gasteiger partial charge in [-0.25, -0.2) is 14.8 Å². The Morgan fingerprint density at radius 1 is 1.18 bits per heavy atom. The van der Waals surface area contributed by atoms with E-state index in [4.69, 9.17) is 24.4 Å². The van der Waals surface area contributed by atoms with Gasteiger partial charge in [0.05, 0.1) is 6.20 Å². The van der Waals surface area contributed by atoms with Gasteiger partial charge in [-0.2, -0.15) is 5.10 Å². The van der Waals surface area contributed by atoms with Crippen LogP contribution in [0.3, 0.4) is 0 Å². The average Bonchev–Trinajstić information content (AvgIpc) is 2.90. The first-order chi connectivity index (χ1) is 10.7. The highest BCUT2D eigenvalue weighted by molar-refractivity contribution is 7.80. The van der Waals surface area contributed by atoms with E-state index >= 15 is 0 Å². The number of H-pyrrole nitrogens is 1. The molecule has 0 aliphatic heterocycles. The third-order valence-electron chi connectivity index (χ3n) is 2.71. The van der Waals surface area contributed by atoms with Crippen molar-refractivity contribution >= 4 is 35.2 Å². The first-order valence-corrected chi connectivity index (χ1v) is 7.12. The molecule has 2 aromatic heterocycles. The molecule has 0 radical (unpaired) electrons. The number of thiocarbonyl (C=S) groups is 1. The van der Waals surface area contributed by atoms with Crippen LogP contribution in [0.5, 0.6) is 0 Å². The van der Waals surface area contributed by atoms with Gasteiger partial charge >= 0.3 is 0 Å². The van der Waals surface area contributed by atoms with E-state index < -0.39 is 0 Å². The Labute approximate surface area is 136 Å². The molecule has 3 N–H and O–H groups in total. The molecule has 0 atom stereocenters. The Kier molecular flexibility index (Phi) is 4.17. The fourth-order valence-corrected chi connectivity index (χ4v) is 2.16. The van der Waals surface area contributed by atoms with Crippen molar-refractivity contribution in [3.05, 3.63) is 53.7 Å². The number of hydrogen-bond acceptors (Lipinski definition) is 5. The van der Waals surface area contributed by atoms with E-state index in [0.717, 1.165) is 5.69 Å². The van der Waals surface area contributed by atoms with Crippen molar-refractivity contribution in [2.75, 3.05) is 10.7 Å². The van der Waals surface area contributed by atoms with Gasteiger partial charge < -0.3 is 5.32 Å². The Bertz CT molecular complexity index is 826. The average molecular weight is 329 g/mol. The summed E-state index contributed by atoms with van der Waals surface area (Å²) >= 11 is 10.5. The zero-order chi connectivity index (χ0) is 15.4. The molecule has 0 fully saturated rings. The molecule has 3 rings (SSSR count). The topological polar surface area (TPSA) is 83.4 Å². The highest BCUT2D eigenvalue weighted by atomic mass is 32.1. The fraction of sp³-hybridized carbons (Fsp3) is 0. The smallest absolute Gasteiger partial charge is 0.215 e. The summed E-state index contributed by atoms with van der Waals surface area (Å²) in [5.41, 5.74) is 4.42. The van der Waals surface area contributed by atoms with Crippen molar-refractivity contribution in [3.63, 3.8) is 0 Å². The van der Waals surface area contributed by atoms with Crippen LogP contribution < -0.4 is 10.7 Å². The van der Waals surface area contributed by atoms with Gasteiger partial charge in [0.25, 0.3) is 0 Å². The Hall–Kier alpha value is -2.65. The number of nitrogens with zero attached hydrogens (tertiary/aromatic N) is 4. The minimum absolute atomic E-state index is 0.373. The lowest BCUT2D eigenvalue weighted by Gasteiger charge is -2.12. The van der Waals surface area contributed by atoms with Gasteiger partial charge in [0, 0.05) is 18.1 Å². The number of benzene rings is 1. The number of anilines is 1. The molecule has 0 saturated heterocycles. The summed E-state index contributed by atoms with van der Waals surface area (Å²) in [7, 11) is 0. The molecule has 0 aliphatic carbocycles. The molecule has 22 heavy (non-hydrogen) atoms. The number of hydrogen-bond donors (Lipinski definition) is 3. The summed E-state index contributed by atoms with van der Waals surface area (Å²) < 4.78 is 1.91. The van der Waals surface area contributed by atoms with Crippen LogP contribution in [0.15, 0.2) is 48.9 Å². The maximum absolute atomic E-state index is 5.29. The van der Waals surface area contributed by atoms with Gasteiger partial charge in [0.15, 0.2) is 5.11 Å². The van der Waals surface area contributed by atoms with E-state index in [-0.39, 0.29) is 0 Å². The standard InChI is InChI=1S/C13H11N7S2/c21-12(16-9-4-2-1-3-5-9)19-20-11(17-18-13(20)22)10-8-14-6-7-15-10/h1-8H,(H,18,22)(H2,16,19,21). The normalized spacial score (nSPS) is 10.2. The van der Waals surface area contributed by atoms with Crippen molar-refractivity contribution < 1.29 is 0 Å². The molecule has 110 valence electrons. The van der Waals surface area contributed by atoms with E-state index in [1.165, 1.54) is 4.68 Å². The Morgan fingerprint density at radius 3 is 2.73 bits per heavy atom. The first kappa shape index (κ1) is 14.3. The van der Waals surface area contributed by atoms with E-state index in [1.807, 2.05) is 30.3 Å². The maximum atomic E-state index is 5.29. The van der Waals surface area contributed by atoms with Gasteiger partial charge in [-0.15, -0.1) is 0 Å². The lowest BCUT2D eigenvalue weighted by atomic mass is 10.3. The van der Waals surface area contributed by atoms with Crippen LogP contribution in [0, 0.1) is 4.77 Å². The quantitative estimate of drug-likeness (QED) is 0.636. The SMILES string of the molecule is S=C(Nc1ccccc1)Nn1c(-c2cnccn2)n[nH]c1=S. The Morgan fingerprint density at radius 2 is 2.00 bits per heavy atom. The summed E-state index contributed by atoms with van der Waals surface area (Å²) in [5, 5.41) is 10.3. The number of aromatic amines is 1. The maximum Gasteiger partial charge on any atom is 0.215 e. The molecule has 7 nitrogen and oxygen atoms in total. The van der Waals surface area contributed by atoms with Crippen LogP contribution in [0.4, 0.5) is 5.69 Å². The van der Waals surface area contributed by atoms with Crippen molar-refractivity contribution in [2.24, 2.45) is 0 Å². The lowest BCUT2D eigenvalue weighted by molar-refractivity contribution is 0.953. The van der Waals surface area contributed by atoms with E-state index in [9.17, 15) is 0 Å². The van der Waals surface area contributed by atoms with Crippen molar-refractivity contribution in [1.29, 1.82) is 0 Å². The van der Waals surface area contributed by atoms with Gasteiger partial charge in [0.2, 0.25) is 10.6 Å². The molecule has 9 heteroatoms. The predicted molar refractivity (Wildman–Crippen MR) is 90.5 cm³/mol. The Balaban J connectivity index is 1.82. The molecule has 2 heterocycles. The second-order valence-corrected chi connectivity index (χ2v) is 5.01. The van der Waals surface area contributed by atoms with Crippen LogP contribution >= 0.6 is 24.4 Å². The molecule has 3 aromatic rings. The van der Waals surface area contributed by atoms with Gasteiger partial charge in [-0.1, -0.05) is 18.2 Å². The number of rotatable bonds is 3. The molecule has 0 aliphatic rings. The first-order valence-electron chi connectivity index (χ1n) is 6.31. The van der Waals surface area contributed by atoms with Crippen LogP contribution in [0.25, 0.3) is 11.5 Å². The van der Waals surface area contributed by atoms with Gasteiger partial charge in [0.1, 0.15) is 5.69 Å². The highest BCUT2D eigenvalue weighted by Gasteiger charge is 2.11. The third-order valence-corrected chi connectivity index (χ3v) is 3.18. The van der Waals surface area contributed by atoms with E-state index in [2.05, 4.69) is 30.9 Å². The number of nitrogens with one attached hydrogen (secondary N) is 3. The molecule has 1 aromatic carbocycles. The van der Waals surface area contributed by atoms with Gasteiger partial charge in [-0.3, -0.25) is 10.4 Å². The summed E-state index contributed by atoms with van der Waals surface area (Å²) in [6.07, 6.45) is 4.76. The molecule has 0 unspecified atom stereocenters. The second-order valence-electron chi connectivity index (χ2n) is 4.21. The third kappa shape index (κ3) is 3.15. The molecular weight excluding hydrogens is 318 g/mol. The molecular formula is C13H11N7S2. The van der Waals surface area contributed by atoms with Crippen LogP contribution in [-0.4, -0.2) is 30.0 Å². The van der Waals surface area contributed by atoms with Gasteiger partial charge in [-0.05, 0) is 36.6 Å². The minimum Gasteiger partial charge on any atom is -0.331 e. The molecule has 0 saturated carbocycles. The summed E-state index contributed by atoms with van der Waals surface area (Å²) in [6, 6.07) is 9.58. The van der Waals surface area contributed by atoms with E-state index in [1.54, 1.807) is 18.6 Å². The largest absolute Gasteiger partial charge is 0.331 e. The summed E-state index contributed by atoms with van der Waals surface area (Å²) in [5.74, 6) is 0.496. The zero-order valence-electron chi connectivity index (χ0n) is 11.2. The number of aromatic nitrogens is 5. The summed E-state index contributed by atoms with van der Waals surface area (Å²) in [4.78, 5) is 8.22. The molecule has 0 amide bonds. The van der Waals surface area contributed by atoms with E-state index in [0.29, 0.717) is 21.4 Å². The van der Waals surface area contributed by atoms with Crippen LogP contribution in [0.2, 0.25) is 0 Å². The lowest BCUT2D eigenvalue weighted by Crippen LogP contribution is -2.28. The highest BCUT2D eigenvalue weighted by Crippen LogP contribution is 2.11. The molecule has 0 spiro atoms. The molecule has 0 bridgehead atoms. The fourth-order valence-electron chi connectivity index (χ4n) is 1.77. The summed E-state index contributed by atoms with van der Waals surface area (Å²) in [6.45, 7) is 0. The van der Waals surface area contributed by atoms with Crippen LogP contribution in [-0.2, 0) is 0 Å². The van der Waals surface area contributed by atoms with Crippen LogP contribution in [0.1, 0.15) is 0 Å². The predicted octanol–water partition coefficient (Wildman–Crippen LogP) is 2.34. The second kappa shape index (κ2) is 6.41.